The summed E-state index contributed by atoms with van der Waals surface area (Å²) in [6.07, 6.45) is 21.2. The molecule has 0 N–H and O–H groups in total. The lowest BCUT2D eigenvalue weighted by Crippen LogP contribution is -2.47. The second-order valence-corrected chi connectivity index (χ2v) is 30.3. The molecule has 0 spiro atoms. The molecule has 0 aliphatic heterocycles. The molecular formula is C82H178O10. The first-order valence-corrected chi connectivity index (χ1v) is 33.6. The van der Waals surface area contributed by atoms with Crippen LogP contribution in [0.25, 0.3) is 0 Å². The molecule has 6 rings (SSSR count). The smallest absolute Gasteiger partial charge is 0.312 e. The predicted octanol–water partition coefficient (Wildman–Crippen LogP) is 27.0. The third-order valence-electron chi connectivity index (χ3n) is 20.0. The van der Waals surface area contributed by atoms with Crippen LogP contribution in [-0.4, -0.2) is 57.9 Å². The SMILES string of the molecule is C.C.C.C.C.C.C.C.C.C.CC.CC.CC.CCC(C)(C)C(=O)OC(C)(C)C.CCC(C)(C)C(=O)OC(C)(C)C(C)C.CCC(C)(C)C(=O)OC1(C)CC2CC1C1C3CCC(C3)C21.CCC(C)(C)C(=O)OC1(C)CCCC1.CCC(C)(C)C(=O)OC1(C)CCCCC1. The van der Waals surface area contributed by atoms with Crippen molar-refractivity contribution in [1.29, 1.82) is 0 Å². The van der Waals surface area contributed by atoms with Gasteiger partial charge in [-0.2, -0.15) is 0 Å². The Kier molecular flexibility index (Phi) is 62.0. The molecule has 6 aliphatic rings. The molecule has 4 bridgehead atoms. The molecule has 10 heteroatoms. The first-order chi connectivity index (χ1) is 37.5. The molecule has 0 aromatic rings. The van der Waals surface area contributed by atoms with Gasteiger partial charge in [0.15, 0.2) is 0 Å². The highest BCUT2D eigenvalue weighted by Crippen LogP contribution is 2.70. The Hall–Kier alpha value is -2.65. The van der Waals surface area contributed by atoms with Crippen LogP contribution >= 0.6 is 0 Å². The van der Waals surface area contributed by atoms with E-state index in [0.717, 1.165) is 93.8 Å². The fraction of sp³-hybridized carbons (Fsp3) is 0.939. The van der Waals surface area contributed by atoms with E-state index in [1.165, 1.54) is 57.8 Å². The summed E-state index contributed by atoms with van der Waals surface area (Å²) in [6.45, 7) is 61.7. The highest BCUT2D eigenvalue weighted by molar-refractivity contribution is 5.78. The van der Waals surface area contributed by atoms with Crippen LogP contribution in [0.1, 0.15) is 411 Å². The highest BCUT2D eigenvalue weighted by atomic mass is 16.6. The van der Waals surface area contributed by atoms with Crippen LogP contribution in [0.15, 0.2) is 0 Å². The molecule has 6 saturated carbocycles. The summed E-state index contributed by atoms with van der Waals surface area (Å²) in [6, 6.07) is 0. The number of hydrogen-bond donors (Lipinski definition) is 0. The third kappa shape index (κ3) is 35.0. The van der Waals surface area contributed by atoms with Gasteiger partial charge < -0.3 is 23.7 Å². The van der Waals surface area contributed by atoms with Gasteiger partial charge in [0.25, 0.3) is 0 Å². The van der Waals surface area contributed by atoms with Crippen LogP contribution in [0.4, 0.5) is 0 Å². The zero-order valence-corrected chi connectivity index (χ0v) is 60.1. The number of carbonyl (C=O) groups is 5. The molecule has 0 aromatic heterocycles. The molecule has 0 radical (unpaired) electrons. The summed E-state index contributed by atoms with van der Waals surface area (Å²) in [5.41, 5.74) is -3.00. The lowest BCUT2D eigenvalue weighted by Gasteiger charge is -2.45. The van der Waals surface area contributed by atoms with Crippen molar-refractivity contribution in [2.45, 2.75) is 439 Å². The van der Waals surface area contributed by atoms with Gasteiger partial charge in [0.2, 0.25) is 0 Å². The van der Waals surface area contributed by atoms with Crippen LogP contribution in [0, 0.1) is 68.5 Å². The Morgan fingerprint density at radius 1 is 0.380 bits per heavy atom. The monoisotopic (exact) mass is 1320 g/mol. The maximum absolute atomic E-state index is 12.6. The number of rotatable bonds is 15. The van der Waals surface area contributed by atoms with E-state index in [2.05, 4.69) is 41.5 Å². The van der Waals surface area contributed by atoms with Gasteiger partial charge in [-0.05, 0) is 276 Å². The van der Waals surface area contributed by atoms with Crippen molar-refractivity contribution in [1.82, 2.24) is 0 Å². The average Bonchev–Trinajstić information content (AvgIpc) is 4.27. The van der Waals surface area contributed by atoms with Gasteiger partial charge in [0, 0.05) is 5.92 Å². The van der Waals surface area contributed by atoms with Crippen LogP contribution in [0.3, 0.4) is 0 Å². The van der Waals surface area contributed by atoms with Gasteiger partial charge in [-0.25, -0.2) is 0 Å². The van der Waals surface area contributed by atoms with E-state index in [4.69, 9.17) is 23.7 Å². The van der Waals surface area contributed by atoms with Crippen LogP contribution < -0.4 is 0 Å². The van der Waals surface area contributed by atoms with Gasteiger partial charge in [0.1, 0.15) is 28.0 Å². The van der Waals surface area contributed by atoms with Crippen molar-refractivity contribution in [3.05, 3.63) is 0 Å². The van der Waals surface area contributed by atoms with Crippen molar-refractivity contribution in [3.8, 4) is 0 Å². The molecule has 6 fully saturated rings. The first kappa shape index (κ1) is 117. The summed E-state index contributed by atoms with van der Waals surface area (Å²) < 4.78 is 28.2. The summed E-state index contributed by atoms with van der Waals surface area (Å²) in [7, 11) is 0. The Bertz CT molecular complexity index is 1850. The lowest BCUT2D eigenvalue weighted by atomic mass is 9.66. The van der Waals surface area contributed by atoms with E-state index in [-0.39, 0.29) is 159 Å². The molecule has 92 heavy (non-hydrogen) atoms. The minimum absolute atomic E-state index is 0. The van der Waals surface area contributed by atoms with Crippen molar-refractivity contribution >= 4 is 29.8 Å². The zero-order valence-electron chi connectivity index (χ0n) is 60.1. The Labute approximate surface area is 582 Å². The van der Waals surface area contributed by atoms with E-state index >= 15 is 0 Å². The maximum Gasteiger partial charge on any atom is 0.312 e. The van der Waals surface area contributed by atoms with E-state index in [0.29, 0.717) is 11.8 Å². The second kappa shape index (κ2) is 49.0. The van der Waals surface area contributed by atoms with Gasteiger partial charge >= 0.3 is 29.8 Å². The Morgan fingerprint density at radius 2 is 0.652 bits per heavy atom. The molecule has 0 heterocycles. The quantitative estimate of drug-likeness (QED) is 0.0887. The molecule has 7 unspecified atom stereocenters. The first-order valence-electron chi connectivity index (χ1n) is 33.6. The summed E-state index contributed by atoms with van der Waals surface area (Å²) in [5.74, 6) is 5.41. The van der Waals surface area contributed by atoms with Gasteiger partial charge in [-0.15, -0.1) is 0 Å². The minimum atomic E-state index is -0.372. The highest BCUT2D eigenvalue weighted by Gasteiger charge is 2.67. The fourth-order valence-electron chi connectivity index (χ4n) is 11.3. The molecule has 10 nitrogen and oxygen atoms in total. The Balaban J connectivity index is -0.0000000840. The summed E-state index contributed by atoms with van der Waals surface area (Å²) in [5, 5.41) is 0. The van der Waals surface area contributed by atoms with Crippen molar-refractivity contribution < 1.29 is 47.7 Å². The molecule has 0 aromatic carbocycles. The normalized spacial score (nSPS) is 22.0. The standard InChI is InChI=1S/C19H30O2.C13H24O2.C12H22O2.C12H24O2.C10H20O2.3C2H6.10CH4/c1-5-18(2,3)17(20)21-19(4)10-13-9-14(19)16-12-7-6-11(8-12)15(13)16;1-5-12(2,3)11(14)15-13(4)9-7-6-8-10-13;1-5-11(2,3)10(13)14-12(4)8-6-7-9-12;1-8-11(4,5)10(13)14-12(6,7)9(2)3;1-7-10(5,6)8(11)12-9(2,3)4;3*1-2;;;;;;;;;;/h11-16H,5-10H2,1-4H3;5-10H2,1-4H3;5-9H2,1-4H3;9H,8H2,1-7H3;7H2,1-6H3;3*1-2H3;10*1H4. The number of esters is 5. The van der Waals surface area contributed by atoms with Crippen molar-refractivity contribution in [2.75, 3.05) is 0 Å². The van der Waals surface area contributed by atoms with Gasteiger partial charge in [-0.1, -0.05) is 171 Å². The van der Waals surface area contributed by atoms with E-state index in [1.54, 1.807) is 0 Å². The van der Waals surface area contributed by atoms with Crippen LogP contribution in [-0.2, 0) is 47.7 Å². The molecule has 0 amide bonds. The maximum atomic E-state index is 12.6. The molecule has 7 atom stereocenters. The molecule has 566 valence electrons. The van der Waals surface area contributed by atoms with Crippen LogP contribution in [0.2, 0.25) is 0 Å². The summed E-state index contributed by atoms with van der Waals surface area (Å²) >= 11 is 0. The largest absolute Gasteiger partial charge is 0.460 e. The number of ether oxygens (including phenoxy) is 5. The predicted molar refractivity (Wildman–Crippen MR) is 412 cm³/mol. The average molecular weight is 1320 g/mol. The minimum Gasteiger partial charge on any atom is -0.460 e. The van der Waals surface area contributed by atoms with Crippen molar-refractivity contribution in [2.24, 2.45) is 68.5 Å². The molecular weight excluding hydrogens is 1140 g/mol. The number of carbonyl (C=O) groups excluding carboxylic acids is 5. The van der Waals surface area contributed by atoms with Crippen LogP contribution in [0.5, 0.6) is 0 Å². The second-order valence-electron chi connectivity index (χ2n) is 30.3. The number of hydrogen-bond acceptors (Lipinski definition) is 10. The summed E-state index contributed by atoms with van der Waals surface area (Å²) in [4.78, 5) is 59.6. The van der Waals surface area contributed by atoms with Gasteiger partial charge in [0.05, 0.1) is 27.1 Å². The van der Waals surface area contributed by atoms with Gasteiger partial charge in [-0.3, -0.25) is 24.0 Å². The van der Waals surface area contributed by atoms with E-state index < -0.39 is 0 Å². The van der Waals surface area contributed by atoms with E-state index in [9.17, 15) is 24.0 Å². The fourth-order valence-corrected chi connectivity index (χ4v) is 11.3. The van der Waals surface area contributed by atoms with E-state index in [1.807, 2.05) is 173 Å². The van der Waals surface area contributed by atoms with Crippen molar-refractivity contribution in [3.63, 3.8) is 0 Å². The lowest BCUT2D eigenvalue weighted by molar-refractivity contribution is -0.179. The molecule has 0 saturated heterocycles. The third-order valence-corrected chi connectivity index (χ3v) is 20.0. The zero-order chi connectivity index (χ0) is 64.9. The number of fused-ring (bicyclic) bond motifs is 9. The topological polar surface area (TPSA) is 132 Å². The Morgan fingerprint density at radius 3 is 0.946 bits per heavy atom. The molecule has 6 aliphatic carbocycles.